The molecule has 1 aromatic carbocycles. The summed E-state index contributed by atoms with van der Waals surface area (Å²) in [6, 6.07) is 4.70. The lowest BCUT2D eigenvalue weighted by Crippen LogP contribution is -2.43. The minimum atomic E-state index is -0.744. The number of carbonyl (C=O) groups is 2. The van der Waals surface area contributed by atoms with Crippen molar-refractivity contribution in [2.75, 3.05) is 19.7 Å². The molecule has 1 aliphatic rings. The van der Waals surface area contributed by atoms with Gasteiger partial charge < -0.3 is 14.7 Å². The van der Waals surface area contributed by atoms with E-state index in [2.05, 4.69) is 10.5 Å². The fraction of sp³-hybridized carbons (Fsp3) is 0.438. The minimum Gasteiger partial charge on any atom is -0.504 e. The lowest BCUT2D eigenvalue weighted by atomic mass is 10.1. The van der Waals surface area contributed by atoms with Crippen LogP contribution in [-0.4, -0.2) is 47.7 Å². The number of aromatic hydroxyl groups is 1. The van der Waals surface area contributed by atoms with Crippen LogP contribution >= 0.6 is 0 Å². The Labute approximate surface area is 134 Å². The van der Waals surface area contributed by atoms with Crippen molar-refractivity contribution in [3.8, 4) is 11.5 Å². The Morgan fingerprint density at radius 1 is 1.35 bits per heavy atom. The molecule has 0 atom stereocenters. The van der Waals surface area contributed by atoms with Gasteiger partial charge in [0.05, 0.1) is 12.8 Å². The molecule has 0 saturated carbocycles. The number of nitrogens with zero attached hydrogens (tertiary/aromatic N) is 2. The molecule has 1 saturated heterocycles. The third-order valence-electron chi connectivity index (χ3n) is 3.50. The number of carbonyl (C=O) groups excluding carboxylic acids is 2. The van der Waals surface area contributed by atoms with Crippen LogP contribution in [0, 0.1) is 0 Å². The van der Waals surface area contributed by atoms with E-state index in [4.69, 9.17) is 4.74 Å². The van der Waals surface area contributed by atoms with Gasteiger partial charge >= 0.3 is 11.8 Å². The van der Waals surface area contributed by atoms with Crippen LogP contribution in [0.3, 0.4) is 0 Å². The number of likely N-dealkylation sites (tertiary alicyclic amines) is 1. The maximum Gasteiger partial charge on any atom is 0.329 e. The summed E-state index contributed by atoms with van der Waals surface area (Å²) in [6.07, 6.45) is 4.34. The zero-order valence-corrected chi connectivity index (χ0v) is 13.1. The van der Waals surface area contributed by atoms with Gasteiger partial charge in [-0.1, -0.05) is 0 Å². The van der Waals surface area contributed by atoms with Gasteiger partial charge in [0.15, 0.2) is 11.5 Å². The third kappa shape index (κ3) is 4.70. The summed E-state index contributed by atoms with van der Waals surface area (Å²) in [4.78, 5) is 25.2. The van der Waals surface area contributed by atoms with Gasteiger partial charge in [-0.3, -0.25) is 9.59 Å². The van der Waals surface area contributed by atoms with E-state index < -0.39 is 11.8 Å². The fourth-order valence-corrected chi connectivity index (χ4v) is 2.34. The standard InChI is InChI=1S/C16H21N3O4/c1-2-23-14-10-12(6-7-13(14)20)11-17-18-15(21)16(22)19-8-4-3-5-9-19/h6-7,10-11,20H,2-5,8-9H2,1H3,(H,18,21)/b17-11+. The molecule has 2 N–H and O–H groups in total. The maximum atomic E-state index is 11.9. The second-order valence-electron chi connectivity index (χ2n) is 5.21. The topological polar surface area (TPSA) is 91.2 Å². The van der Waals surface area contributed by atoms with E-state index in [0.717, 1.165) is 19.3 Å². The number of hydrogen-bond donors (Lipinski definition) is 2. The number of amides is 2. The van der Waals surface area contributed by atoms with E-state index in [1.54, 1.807) is 17.0 Å². The Morgan fingerprint density at radius 3 is 2.78 bits per heavy atom. The van der Waals surface area contributed by atoms with Crippen molar-refractivity contribution in [3.05, 3.63) is 23.8 Å². The molecule has 0 bridgehead atoms. The molecule has 2 rings (SSSR count). The Morgan fingerprint density at radius 2 is 2.09 bits per heavy atom. The van der Waals surface area contributed by atoms with Gasteiger partial charge in [-0.05, 0) is 49.9 Å². The van der Waals surface area contributed by atoms with Crippen molar-refractivity contribution in [1.29, 1.82) is 0 Å². The highest BCUT2D eigenvalue weighted by molar-refractivity contribution is 6.35. The van der Waals surface area contributed by atoms with Crippen molar-refractivity contribution in [1.82, 2.24) is 10.3 Å². The molecule has 2 amide bonds. The average molecular weight is 319 g/mol. The predicted octanol–water partition coefficient (Wildman–Crippen LogP) is 1.25. The predicted molar refractivity (Wildman–Crippen MR) is 85.4 cm³/mol. The van der Waals surface area contributed by atoms with Crippen LogP contribution in [0.4, 0.5) is 0 Å². The molecule has 7 heteroatoms. The van der Waals surface area contributed by atoms with Gasteiger partial charge in [-0.15, -0.1) is 0 Å². The first-order valence-corrected chi connectivity index (χ1v) is 7.70. The number of benzene rings is 1. The number of piperidine rings is 1. The van der Waals surface area contributed by atoms with Crippen LogP contribution in [-0.2, 0) is 9.59 Å². The Hall–Kier alpha value is -2.57. The number of hydrazone groups is 1. The lowest BCUT2D eigenvalue weighted by Gasteiger charge is -2.25. The van der Waals surface area contributed by atoms with Gasteiger partial charge in [0.25, 0.3) is 0 Å². The molecule has 7 nitrogen and oxygen atoms in total. The molecule has 0 aliphatic carbocycles. The molecule has 0 radical (unpaired) electrons. The highest BCUT2D eigenvalue weighted by Gasteiger charge is 2.22. The zero-order chi connectivity index (χ0) is 16.7. The number of phenols is 1. The average Bonchev–Trinajstić information content (AvgIpc) is 2.58. The van der Waals surface area contributed by atoms with Crippen molar-refractivity contribution in [2.24, 2.45) is 5.10 Å². The monoisotopic (exact) mass is 319 g/mol. The van der Waals surface area contributed by atoms with Crippen molar-refractivity contribution >= 4 is 18.0 Å². The van der Waals surface area contributed by atoms with Crippen LogP contribution < -0.4 is 10.2 Å². The first kappa shape index (κ1) is 16.8. The van der Waals surface area contributed by atoms with E-state index in [1.165, 1.54) is 12.3 Å². The SMILES string of the molecule is CCOc1cc(/C=N/NC(=O)C(=O)N2CCCCC2)ccc1O. The number of phenolic OH excluding ortho intramolecular Hbond substituents is 1. The van der Waals surface area contributed by atoms with Crippen molar-refractivity contribution in [3.63, 3.8) is 0 Å². The highest BCUT2D eigenvalue weighted by Crippen LogP contribution is 2.26. The molecule has 124 valence electrons. The van der Waals surface area contributed by atoms with Gasteiger partial charge in [0, 0.05) is 13.1 Å². The molecule has 0 spiro atoms. The Kier molecular flexibility index (Phi) is 5.96. The van der Waals surface area contributed by atoms with Gasteiger partial charge in [-0.25, -0.2) is 5.43 Å². The number of hydrogen-bond acceptors (Lipinski definition) is 5. The Bertz CT molecular complexity index is 595. The summed E-state index contributed by atoms with van der Waals surface area (Å²) in [5.74, 6) is -0.921. The van der Waals surface area contributed by atoms with E-state index in [1.807, 2.05) is 6.92 Å². The molecule has 23 heavy (non-hydrogen) atoms. The Balaban J connectivity index is 1.91. The smallest absolute Gasteiger partial charge is 0.329 e. The summed E-state index contributed by atoms with van der Waals surface area (Å²) < 4.78 is 5.26. The van der Waals surface area contributed by atoms with Crippen LogP contribution in [0.15, 0.2) is 23.3 Å². The largest absolute Gasteiger partial charge is 0.504 e. The molecular formula is C16H21N3O4. The number of nitrogens with one attached hydrogen (secondary N) is 1. The van der Waals surface area contributed by atoms with Crippen LogP contribution in [0.5, 0.6) is 11.5 Å². The maximum absolute atomic E-state index is 11.9. The van der Waals surface area contributed by atoms with E-state index >= 15 is 0 Å². The quantitative estimate of drug-likeness (QED) is 0.496. The molecule has 0 aromatic heterocycles. The van der Waals surface area contributed by atoms with E-state index in [0.29, 0.717) is 31.0 Å². The number of ether oxygens (including phenoxy) is 1. The molecular weight excluding hydrogens is 298 g/mol. The van der Waals surface area contributed by atoms with Crippen LogP contribution in [0.2, 0.25) is 0 Å². The van der Waals surface area contributed by atoms with E-state index in [-0.39, 0.29) is 5.75 Å². The van der Waals surface area contributed by atoms with Crippen molar-refractivity contribution in [2.45, 2.75) is 26.2 Å². The summed E-state index contributed by atoms with van der Waals surface area (Å²) in [6.45, 7) is 3.47. The number of rotatable bonds is 4. The molecule has 1 fully saturated rings. The fourth-order valence-electron chi connectivity index (χ4n) is 2.34. The minimum absolute atomic E-state index is 0.0355. The second-order valence-corrected chi connectivity index (χ2v) is 5.21. The summed E-state index contributed by atoms with van der Waals surface area (Å²) >= 11 is 0. The van der Waals surface area contributed by atoms with Gasteiger partial charge in [-0.2, -0.15) is 5.10 Å². The van der Waals surface area contributed by atoms with Crippen LogP contribution in [0.1, 0.15) is 31.7 Å². The molecule has 1 aromatic rings. The third-order valence-corrected chi connectivity index (χ3v) is 3.50. The summed E-state index contributed by atoms with van der Waals surface area (Å²) in [5, 5.41) is 13.4. The summed E-state index contributed by atoms with van der Waals surface area (Å²) in [5.41, 5.74) is 2.87. The van der Waals surface area contributed by atoms with Crippen molar-refractivity contribution < 1.29 is 19.4 Å². The van der Waals surface area contributed by atoms with E-state index in [9.17, 15) is 14.7 Å². The van der Waals surface area contributed by atoms with Gasteiger partial charge in [0.1, 0.15) is 0 Å². The second kappa shape index (κ2) is 8.17. The van der Waals surface area contributed by atoms with Crippen LogP contribution in [0.25, 0.3) is 0 Å². The first-order chi connectivity index (χ1) is 11.1. The zero-order valence-electron chi connectivity index (χ0n) is 13.1. The lowest BCUT2D eigenvalue weighted by molar-refractivity contribution is -0.146. The normalized spacial score (nSPS) is 14.7. The highest BCUT2D eigenvalue weighted by atomic mass is 16.5. The molecule has 1 heterocycles. The molecule has 1 aliphatic heterocycles. The first-order valence-electron chi connectivity index (χ1n) is 7.70. The van der Waals surface area contributed by atoms with Gasteiger partial charge in [0.2, 0.25) is 0 Å². The molecule has 0 unspecified atom stereocenters. The summed E-state index contributed by atoms with van der Waals surface area (Å²) in [7, 11) is 0.